The number of benzene rings is 1. The van der Waals surface area contributed by atoms with Crippen LogP contribution in [0.5, 0.6) is 0 Å². The zero-order valence-corrected chi connectivity index (χ0v) is 12.0. The van der Waals surface area contributed by atoms with Gasteiger partial charge < -0.3 is 4.90 Å². The van der Waals surface area contributed by atoms with Crippen molar-refractivity contribution >= 4 is 21.5 Å². The largest absolute Gasteiger partial charge is 0.361 e. The normalized spacial score (nSPS) is 11.2. The summed E-state index contributed by atoms with van der Waals surface area (Å²) in [5, 5.41) is 0. The summed E-state index contributed by atoms with van der Waals surface area (Å²) >= 11 is 0. The van der Waals surface area contributed by atoms with Gasteiger partial charge in [0.25, 0.3) is 10.0 Å². The van der Waals surface area contributed by atoms with E-state index in [2.05, 4.69) is 14.7 Å². The van der Waals surface area contributed by atoms with Crippen LogP contribution in [-0.2, 0) is 10.0 Å². The highest BCUT2D eigenvalue weighted by Gasteiger charge is 2.19. The molecule has 0 radical (unpaired) electrons. The highest BCUT2D eigenvalue weighted by molar-refractivity contribution is 7.92. The van der Waals surface area contributed by atoms with Gasteiger partial charge in [0, 0.05) is 20.2 Å². The van der Waals surface area contributed by atoms with Crippen LogP contribution in [0.25, 0.3) is 0 Å². The van der Waals surface area contributed by atoms with Crippen LogP contribution in [0.15, 0.2) is 35.6 Å². The Morgan fingerprint density at radius 2 is 1.76 bits per heavy atom. The summed E-state index contributed by atoms with van der Waals surface area (Å²) in [7, 11) is -0.814. The SMILES string of the molecule is CN(C)c1ncncc1NS(=O)(=O)c1cc(F)cc(F)c1. The van der Waals surface area contributed by atoms with E-state index in [9.17, 15) is 17.2 Å². The van der Waals surface area contributed by atoms with Crippen LogP contribution in [0.3, 0.4) is 0 Å². The minimum absolute atomic E-state index is 0.104. The molecule has 0 atom stereocenters. The Kier molecular flexibility index (Phi) is 4.03. The molecule has 1 heterocycles. The second-order valence-corrected chi connectivity index (χ2v) is 6.05. The average Bonchev–Trinajstić information content (AvgIpc) is 2.37. The van der Waals surface area contributed by atoms with Crippen molar-refractivity contribution in [2.45, 2.75) is 4.90 Å². The van der Waals surface area contributed by atoms with Crippen LogP contribution in [0.2, 0.25) is 0 Å². The molecule has 0 amide bonds. The van der Waals surface area contributed by atoms with Gasteiger partial charge in [0.1, 0.15) is 23.6 Å². The van der Waals surface area contributed by atoms with E-state index in [-0.39, 0.29) is 5.69 Å². The summed E-state index contributed by atoms with van der Waals surface area (Å²) in [6.07, 6.45) is 2.52. The molecule has 1 N–H and O–H groups in total. The molecule has 0 spiro atoms. The van der Waals surface area contributed by atoms with E-state index in [1.165, 1.54) is 12.5 Å². The number of hydrogen-bond acceptors (Lipinski definition) is 5. The van der Waals surface area contributed by atoms with Crippen molar-refractivity contribution in [3.05, 3.63) is 42.4 Å². The van der Waals surface area contributed by atoms with Crippen molar-refractivity contribution in [2.24, 2.45) is 0 Å². The molecule has 0 unspecified atom stereocenters. The molecular weight excluding hydrogens is 302 g/mol. The van der Waals surface area contributed by atoms with Gasteiger partial charge in [-0.15, -0.1) is 0 Å². The van der Waals surface area contributed by atoms with Gasteiger partial charge >= 0.3 is 0 Å². The van der Waals surface area contributed by atoms with E-state index in [0.29, 0.717) is 11.9 Å². The predicted molar refractivity (Wildman–Crippen MR) is 73.5 cm³/mol. The van der Waals surface area contributed by atoms with Crippen molar-refractivity contribution in [3.8, 4) is 0 Å². The fourth-order valence-corrected chi connectivity index (χ4v) is 2.73. The van der Waals surface area contributed by atoms with Crippen LogP contribution < -0.4 is 9.62 Å². The molecule has 112 valence electrons. The maximum atomic E-state index is 13.1. The van der Waals surface area contributed by atoms with Gasteiger partial charge in [0.05, 0.1) is 11.1 Å². The Morgan fingerprint density at radius 1 is 1.14 bits per heavy atom. The number of halogens is 2. The molecule has 1 aromatic carbocycles. The van der Waals surface area contributed by atoms with Crippen molar-refractivity contribution in [1.29, 1.82) is 0 Å². The first-order chi connectivity index (χ1) is 9.79. The molecule has 21 heavy (non-hydrogen) atoms. The number of nitrogens with zero attached hydrogens (tertiary/aromatic N) is 3. The lowest BCUT2D eigenvalue weighted by atomic mass is 10.3. The lowest BCUT2D eigenvalue weighted by molar-refractivity contribution is 0.568. The molecule has 2 aromatic rings. The molecular formula is C12H12F2N4O2S. The molecule has 1 aromatic heterocycles. The van der Waals surface area contributed by atoms with Gasteiger partial charge in [-0.05, 0) is 12.1 Å². The molecule has 0 fully saturated rings. The number of sulfonamides is 1. The minimum atomic E-state index is -4.15. The number of anilines is 2. The third-order valence-electron chi connectivity index (χ3n) is 2.51. The summed E-state index contributed by atoms with van der Waals surface area (Å²) in [5.41, 5.74) is 0.104. The average molecular weight is 314 g/mol. The topological polar surface area (TPSA) is 75.2 Å². The Balaban J connectivity index is 2.42. The smallest absolute Gasteiger partial charge is 0.262 e. The van der Waals surface area contributed by atoms with Gasteiger partial charge in [-0.25, -0.2) is 27.2 Å². The molecule has 0 aliphatic heterocycles. The Labute approximate surface area is 120 Å². The lowest BCUT2D eigenvalue weighted by Crippen LogP contribution is -2.18. The quantitative estimate of drug-likeness (QED) is 0.928. The summed E-state index contributed by atoms with van der Waals surface area (Å²) in [6.45, 7) is 0. The van der Waals surface area contributed by atoms with E-state index in [1.54, 1.807) is 19.0 Å². The van der Waals surface area contributed by atoms with Gasteiger partial charge in [-0.2, -0.15) is 0 Å². The van der Waals surface area contributed by atoms with Gasteiger partial charge in [-0.3, -0.25) is 4.72 Å². The van der Waals surface area contributed by atoms with Gasteiger partial charge in [0.2, 0.25) is 0 Å². The molecule has 0 saturated heterocycles. The van der Waals surface area contributed by atoms with Crippen molar-refractivity contribution in [1.82, 2.24) is 9.97 Å². The van der Waals surface area contributed by atoms with E-state index in [1.807, 2.05) is 0 Å². The van der Waals surface area contributed by atoms with E-state index < -0.39 is 26.6 Å². The molecule has 6 nitrogen and oxygen atoms in total. The molecule has 0 saturated carbocycles. The van der Waals surface area contributed by atoms with Gasteiger partial charge in [0.15, 0.2) is 5.82 Å². The first-order valence-electron chi connectivity index (χ1n) is 5.76. The summed E-state index contributed by atoms with van der Waals surface area (Å²) in [4.78, 5) is 8.71. The molecule has 2 rings (SSSR count). The Bertz CT molecular complexity index is 745. The van der Waals surface area contributed by atoms with E-state index in [0.717, 1.165) is 12.1 Å². The van der Waals surface area contributed by atoms with Crippen LogP contribution in [0.4, 0.5) is 20.3 Å². The molecule has 0 aliphatic rings. The molecule has 0 aliphatic carbocycles. The highest BCUT2D eigenvalue weighted by Crippen LogP contribution is 2.23. The third kappa shape index (κ3) is 3.43. The van der Waals surface area contributed by atoms with Crippen LogP contribution >= 0.6 is 0 Å². The fraction of sp³-hybridized carbons (Fsp3) is 0.167. The number of rotatable bonds is 4. The van der Waals surface area contributed by atoms with E-state index >= 15 is 0 Å². The third-order valence-corrected chi connectivity index (χ3v) is 3.85. The molecule has 0 bridgehead atoms. The van der Waals surface area contributed by atoms with Crippen molar-refractivity contribution < 1.29 is 17.2 Å². The number of nitrogens with one attached hydrogen (secondary N) is 1. The zero-order valence-electron chi connectivity index (χ0n) is 11.2. The number of hydrogen-bond donors (Lipinski definition) is 1. The van der Waals surface area contributed by atoms with Gasteiger partial charge in [-0.1, -0.05) is 0 Å². The fourth-order valence-electron chi connectivity index (χ4n) is 1.64. The maximum Gasteiger partial charge on any atom is 0.262 e. The summed E-state index contributed by atoms with van der Waals surface area (Å²) in [5.74, 6) is -1.63. The predicted octanol–water partition coefficient (Wildman–Crippen LogP) is 1.62. The highest BCUT2D eigenvalue weighted by atomic mass is 32.2. The monoisotopic (exact) mass is 314 g/mol. The molecule has 9 heteroatoms. The Hall–Kier alpha value is -2.29. The first-order valence-corrected chi connectivity index (χ1v) is 7.24. The lowest BCUT2D eigenvalue weighted by Gasteiger charge is -2.16. The summed E-state index contributed by atoms with van der Waals surface area (Å²) in [6, 6.07) is 2.05. The maximum absolute atomic E-state index is 13.1. The first kappa shape index (κ1) is 15.1. The Morgan fingerprint density at radius 3 is 2.33 bits per heavy atom. The summed E-state index contributed by atoms with van der Waals surface area (Å²) < 4.78 is 52.8. The minimum Gasteiger partial charge on any atom is -0.361 e. The van der Waals surface area contributed by atoms with Crippen molar-refractivity contribution in [2.75, 3.05) is 23.7 Å². The zero-order chi connectivity index (χ0) is 15.6. The van der Waals surface area contributed by atoms with Crippen LogP contribution in [0.1, 0.15) is 0 Å². The standard InChI is InChI=1S/C12H12F2N4O2S/c1-18(2)12-11(6-15-7-16-12)17-21(19,20)10-4-8(13)3-9(14)5-10/h3-7,17H,1-2H3. The second-order valence-electron chi connectivity index (χ2n) is 4.37. The van der Waals surface area contributed by atoms with E-state index in [4.69, 9.17) is 0 Å². The van der Waals surface area contributed by atoms with Crippen LogP contribution in [0, 0.1) is 11.6 Å². The number of aromatic nitrogens is 2. The van der Waals surface area contributed by atoms with Crippen LogP contribution in [-0.4, -0.2) is 32.5 Å². The van der Waals surface area contributed by atoms with Crippen molar-refractivity contribution in [3.63, 3.8) is 0 Å². The second kappa shape index (κ2) is 5.60.